The standard InChI is InChI=1S/C13H20F2N2/c1-2-7-16-8-4-9-17-10-11-5-3-6-12(14)13(11)15/h3,5-6,16-17H,2,4,7-10H2,1H3. The lowest BCUT2D eigenvalue weighted by molar-refractivity contribution is 0.491. The van der Waals surface area contributed by atoms with Gasteiger partial charge in [0.1, 0.15) is 0 Å². The van der Waals surface area contributed by atoms with Crippen LogP contribution in [-0.2, 0) is 6.54 Å². The van der Waals surface area contributed by atoms with E-state index in [1.54, 1.807) is 6.07 Å². The molecule has 0 heterocycles. The quantitative estimate of drug-likeness (QED) is 0.684. The van der Waals surface area contributed by atoms with E-state index in [0.717, 1.165) is 38.5 Å². The number of halogens is 2. The van der Waals surface area contributed by atoms with Gasteiger partial charge < -0.3 is 10.6 Å². The maximum Gasteiger partial charge on any atom is 0.163 e. The van der Waals surface area contributed by atoms with E-state index >= 15 is 0 Å². The summed E-state index contributed by atoms with van der Waals surface area (Å²) in [6, 6.07) is 4.26. The first-order chi connectivity index (χ1) is 8.25. The van der Waals surface area contributed by atoms with Gasteiger partial charge in [0.25, 0.3) is 0 Å². The highest BCUT2D eigenvalue weighted by Gasteiger charge is 2.06. The Morgan fingerprint density at radius 1 is 1.06 bits per heavy atom. The molecule has 2 nitrogen and oxygen atoms in total. The fourth-order valence-electron chi connectivity index (χ4n) is 1.55. The minimum absolute atomic E-state index is 0.372. The summed E-state index contributed by atoms with van der Waals surface area (Å²) in [4.78, 5) is 0. The summed E-state index contributed by atoms with van der Waals surface area (Å²) in [5, 5.41) is 6.38. The third-order valence-electron chi connectivity index (χ3n) is 2.48. The van der Waals surface area contributed by atoms with Gasteiger partial charge in [-0.3, -0.25) is 0 Å². The predicted octanol–water partition coefficient (Wildman–Crippen LogP) is 2.44. The van der Waals surface area contributed by atoms with Gasteiger partial charge >= 0.3 is 0 Å². The van der Waals surface area contributed by atoms with E-state index < -0.39 is 11.6 Å². The van der Waals surface area contributed by atoms with E-state index in [4.69, 9.17) is 0 Å². The van der Waals surface area contributed by atoms with Gasteiger partial charge in [0.15, 0.2) is 11.6 Å². The summed E-state index contributed by atoms with van der Waals surface area (Å²) >= 11 is 0. The second-order valence-corrected chi connectivity index (χ2v) is 3.99. The second-order valence-electron chi connectivity index (χ2n) is 3.99. The Balaban J connectivity index is 2.16. The number of nitrogens with one attached hydrogen (secondary N) is 2. The topological polar surface area (TPSA) is 24.1 Å². The van der Waals surface area contributed by atoms with E-state index in [2.05, 4.69) is 17.6 Å². The van der Waals surface area contributed by atoms with Crippen molar-refractivity contribution in [3.63, 3.8) is 0 Å². The zero-order valence-corrected chi connectivity index (χ0v) is 10.2. The molecule has 0 amide bonds. The van der Waals surface area contributed by atoms with Gasteiger partial charge in [0.2, 0.25) is 0 Å². The molecule has 0 bridgehead atoms. The third-order valence-corrected chi connectivity index (χ3v) is 2.48. The lowest BCUT2D eigenvalue weighted by Gasteiger charge is -2.07. The molecule has 0 saturated carbocycles. The first-order valence-electron chi connectivity index (χ1n) is 6.10. The maximum absolute atomic E-state index is 13.3. The average Bonchev–Trinajstić information content (AvgIpc) is 2.33. The largest absolute Gasteiger partial charge is 0.317 e. The van der Waals surface area contributed by atoms with Crippen LogP contribution < -0.4 is 10.6 Å². The predicted molar refractivity (Wildman–Crippen MR) is 65.8 cm³/mol. The molecule has 1 rings (SSSR count). The normalized spacial score (nSPS) is 10.8. The number of benzene rings is 1. The van der Waals surface area contributed by atoms with Crippen molar-refractivity contribution in [3.05, 3.63) is 35.4 Å². The molecule has 0 aliphatic rings. The lowest BCUT2D eigenvalue weighted by atomic mass is 10.2. The summed E-state index contributed by atoms with van der Waals surface area (Å²) < 4.78 is 26.1. The summed E-state index contributed by atoms with van der Waals surface area (Å²) in [5.41, 5.74) is 0.381. The molecule has 0 aromatic heterocycles. The molecular weight excluding hydrogens is 222 g/mol. The van der Waals surface area contributed by atoms with Gasteiger partial charge in [0.05, 0.1) is 0 Å². The van der Waals surface area contributed by atoms with Crippen molar-refractivity contribution in [2.45, 2.75) is 26.3 Å². The molecule has 0 aliphatic heterocycles. The maximum atomic E-state index is 13.3. The molecular formula is C13H20F2N2. The van der Waals surface area contributed by atoms with Gasteiger partial charge in [-0.05, 0) is 38.5 Å². The Morgan fingerprint density at radius 3 is 2.59 bits per heavy atom. The van der Waals surface area contributed by atoms with Crippen LogP contribution in [0.15, 0.2) is 18.2 Å². The zero-order valence-electron chi connectivity index (χ0n) is 10.2. The van der Waals surface area contributed by atoms with Gasteiger partial charge in [-0.2, -0.15) is 0 Å². The Morgan fingerprint density at radius 2 is 1.82 bits per heavy atom. The Hall–Kier alpha value is -1.00. The van der Waals surface area contributed by atoms with E-state index in [1.165, 1.54) is 6.07 Å². The van der Waals surface area contributed by atoms with Gasteiger partial charge in [-0.15, -0.1) is 0 Å². The molecule has 1 aromatic carbocycles. The highest BCUT2D eigenvalue weighted by Crippen LogP contribution is 2.10. The van der Waals surface area contributed by atoms with Crippen LogP contribution in [0.4, 0.5) is 8.78 Å². The van der Waals surface area contributed by atoms with Crippen LogP contribution in [0.1, 0.15) is 25.3 Å². The fourth-order valence-corrected chi connectivity index (χ4v) is 1.55. The Labute approximate surface area is 101 Å². The average molecular weight is 242 g/mol. The van der Waals surface area contributed by atoms with E-state index in [1.807, 2.05) is 0 Å². The molecule has 0 atom stereocenters. The van der Waals surface area contributed by atoms with Crippen molar-refractivity contribution in [3.8, 4) is 0 Å². The summed E-state index contributed by atoms with van der Waals surface area (Å²) in [5.74, 6) is -1.53. The van der Waals surface area contributed by atoms with Crippen molar-refractivity contribution in [2.75, 3.05) is 19.6 Å². The first-order valence-corrected chi connectivity index (χ1v) is 6.10. The number of hydrogen-bond donors (Lipinski definition) is 2. The molecule has 0 unspecified atom stereocenters. The summed E-state index contributed by atoms with van der Waals surface area (Å²) in [6.45, 7) is 5.27. The Kier molecular flexibility index (Phi) is 6.74. The van der Waals surface area contributed by atoms with Crippen LogP contribution in [0, 0.1) is 11.6 Å². The van der Waals surface area contributed by atoms with Crippen LogP contribution in [0.3, 0.4) is 0 Å². The van der Waals surface area contributed by atoms with Crippen molar-refractivity contribution in [1.82, 2.24) is 10.6 Å². The highest BCUT2D eigenvalue weighted by molar-refractivity contribution is 5.18. The van der Waals surface area contributed by atoms with Crippen LogP contribution >= 0.6 is 0 Å². The van der Waals surface area contributed by atoms with Gasteiger partial charge in [-0.1, -0.05) is 19.1 Å². The minimum atomic E-state index is -0.783. The van der Waals surface area contributed by atoms with Crippen molar-refractivity contribution >= 4 is 0 Å². The van der Waals surface area contributed by atoms with E-state index in [-0.39, 0.29) is 0 Å². The molecule has 0 fully saturated rings. The molecule has 0 spiro atoms. The zero-order chi connectivity index (χ0) is 12.5. The van der Waals surface area contributed by atoms with Crippen molar-refractivity contribution < 1.29 is 8.78 Å². The minimum Gasteiger partial charge on any atom is -0.317 e. The van der Waals surface area contributed by atoms with Crippen molar-refractivity contribution in [1.29, 1.82) is 0 Å². The molecule has 96 valence electrons. The molecule has 0 aliphatic carbocycles. The smallest absolute Gasteiger partial charge is 0.163 e. The summed E-state index contributed by atoms with van der Waals surface area (Å²) in [6.07, 6.45) is 2.11. The molecule has 4 heteroatoms. The lowest BCUT2D eigenvalue weighted by Crippen LogP contribution is -2.22. The first kappa shape index (κ1) is 14.1. The molecule has 1 aromatic rings. The molecule has 2 N–H and O–H groups in total. The third kappa shape index (κ3) is 5.24. The number of hydrogen-bond acceptors (Lipinski definition) is 2. The van der Waals surface area contributed by atoms with E-state index in [9.17, 15) is 8.78 Å². The van der Waals surface area contributed by atoms with Crippen LogP contribution in [-0.4, -0.2) is 19.6 Å². The molecule has 0 radical (unpaired) electrons. The highest BCUT2D eigenvalue weighted by atomic mass is 19.2. The number of rotatable bonds is 8. The van der Waals surface area contributed by atoms with Gasteiger partial charge in [-0.25, -0.2) is 8.78 Å². The van der Waals surface area contributed by atoms with Crippen LogP contribution in [0.2, 0.25) is 0 Å². The second kappa shape index (κ2) is 8.14. The van der Waals surface area contributed by atoms with Gasteiger partial charge in [0, 0.05) is 12.1 Å². The SMILES string of the molecule is CCCNCCCNCc1cccc(F)c1F. The van der Waals surface area contributed by atoms with Crippen LogP contribution in [0.25, 0.3) is 0 Å². The fraction of sp³-hybridized carbons (Fsp3) is 0.538. The molecule has 0 saturated heterocycles. The van der Waals surface area contributed by atoms with Crippen LogP contribution in [0.5, 0.6) is 0 Å². The molecule has 17 heavy (non-hydrogen) atoms. The summed E-state index contributed by atoms with van der Waals surface area (Å²) in [7, 11) is 0. The monoisotopic (exact) mass is 242 g/mol. The van der Waals surface area contributed by atoms with Crippen molar-refractivity contribution in [2.24, 2.45) is 0 Å². The van der Waals surface area contributed by atoms with E-state index in [0.29, 0.717) is 12.1 Å². The Bertz CT molecular complexity index is 329.